The van der Waals surface area contributed by atoms with Gasteiger partial charge in [-0.15, -0.1) is 0 Å². The van der Waals surface area contributed by atoms with E-state index in [9.17, 15) is 18.8 Å². The van der Waals surface area contributed by atoms with Gasteiger partial charge in [-0.25, -0.2) is 9.37 Å². The molecule has 3 amide bonds. The smallest absolute Gasteiger partial charge is 0.291 e. The number of H-pyrrole nitrogens is 1. The van der Waals surface area contributed by atoms with Gasteiger partial charge in [0.1, 0.15) is 12.1 Å². The molecule has 9 nitrogen and oxygen atoms in total. The lowest BCUT2D eigenvalue weighted by molar-refractivity contribution is -0.136. The van der Waals surface area contributed by atoms with Gasteiger partial charge in [-0.05, 0) is 23.8 Å². The lowest BCUT2D eigenvalue weighted by atomic mass is 9.89. The third-order valence-corrected chi connectivity index (χ3v) is 4.85. The minimum Gasteiger partial charge on any atom is -0.339 e. The highest BCUT2D eigenvalue weighted by molar-refractivity contribution is 6.01. The van der Waals surface area contributed by atoms with E-state index in [-0.39, 0.29) is 30.0 Å². The number of anilines is 1. The SMILES string of the molecule is O=C1CC(C(=O)N2CCN(C(=O)c3ncn[nH]3)CC2)c2cc(F)ccc2N1. The first kappa shape index (κ1) is 17.1. The average molecular weight is 372 g/mol. The first-order valence-electron chi connectivity index (χ1n) is 8.55. The van der Waals surface area contributed by atoms with Crippen molar-refractivity contribution in [2.75, 3.05) is 31.5 Å². The lowest BCUT2D eigenvalue weighted by Crippen LogP contribution is -2.52. The second-order valence-corrected chi connectivity index (χ2v) is 6.49. The van der Waals surface area contributed by atoms with Crippen molar-refractivity contribution in [3.05, 3.63) is 41.7 Å². The highest BCUT2D eigenvalue weighted by Gasteiger charge is 2.35. The monoisotopic (exact) mass is 372 g/mol. The Balaban J connectivity index is 1.46. The van der Waals surface area contributed by atoms with Gasteiger partial charge < -0.3 is 15.1 Å². The van der Waals surface area contributed by atoms with Crippen LogP contribution in [0.25, 0.3) is 0 Å². The number of carbonyl (C=O) groups excluding carboxylic acids is 3. The predicted molar refractivity (Wildman–Crippen MR) is 91.3 cm³/mol. The number of hydrogen-bond donors (Lipinski definition) is 2. The van der Waals surface area contributed by atoms with E-state index in [0.29, 0.717) is 37.4 Å². The van der Waals surface area contributed by atoms with E-state index < -0.39 is 11.7 Å². The summed E-state index contributed by atoms with van der Waals surface area (Å²) < 4.78 is 13.6. The van der Waals surface area contributed by atoms with Crippen LogP contribution >= 0.6 is 0 Å². The average Bonchev–Trinajstić information content (AvgIpc) is 3.21. The van der Waals surface area contributed by atoms with Crippen LogP contribution in [0, 0.1) is 5.82 Å². The Bertz CT molecular complexity index is 892. The van der Waals surface area contributed by atoms with Crippen LogP contribution in [0.2, 0.25) is 0 Å². The van der Waals surface area contributed by atoms with E-state index >= 15 is 0 Å². The fraction of sp³-hybridized carbons (Fsp3) is 0.353. The van der Waals surface area contributed by atoms with Gasteiger partial charge >= 0.3 is 0 Å². The minimum atomic E-state index is -0.721. The molecule has 4 rings (SSSR count). The van der Waals surface area contributed by atoms with Gasteiger partial charge in [0.25, 0.3) is 5.91 Å². The summed E-state index contributed by atoms with van der Waals surface area (Å²) in [5, 5.41) is 8.86. The van der Waals surface area contributed by atoms with Crippen molar-refractivity contribution in [3.63, 3.8) is 0 Å². The van der Waals surface area contributed by atoms with E-state index in [4.69, 9.17) is 0 Å². The quantitative estimate of drug-likeness (QED) is 0.790. The summed E-state index contributed by atoms with van der Waals surface area (Å²) in [5.74, 6) is -1.80. The molecular weight excluding hydrogens is 355 g/mol. The number of carbonyl (C=O) groups is 3. The molecule has 2 aliphatic rings. The molecule has 140 valence electrons. The van der Waals surface area contributed by atoms with Crippen molar-refractivity contribution < 1.29 is 18.8 Å². The van der Waals surface area contributed by atoms with Gasteiger partial charge in [-0.3, -0.25) is 19.5 Å². The number of amides is 3. The topological polar surface area (TPSA) is 111 Å². The normalized spacial score (nSPS) is 19.4. The van der Waals surface area contributed by atoms with Crippen LogP contribution in [0.5, 0.6) is 0 Å². The number of piperazine rings is 1. The predicted octanol–water partition coefficient (Wildman–Crippen LogP) is 0.354. The number of benzene rings is 1. The number of fused-ring (bicyclic) bond motifs is 1. The molecule has 1 aromatic heterocycles. The number of nitrogens with one attached hydrogen (secondary N) is 2. The van der Waals surface area contributed by atoms with E-state index in [0.717, 1.165) is 0 Å². The second kappa shape index (κ2) is 6.78. The maximum absolute atomic E-state index is 13.6. The summed E-state index contributed by atoms with van der Waals surface area (Å²) in [6.45, 7) is 1.36. The van der Waals surface area contributed by atoms with E-state index in [1.54, 1.807) is 9.80 Å². The molecule has 1 aromatic carbocycles. The van der Waals surface area contributed by atoms with E-state index in [1.807, 2.05) is 0 Å². The van der Waals surface area contributed by atoms with Gasteiger partial charge in [-0.2, -0.15) is 5.10 Å². The molecule has 3 heterocycles. The summed E-state index contributed by atoms with van der Waals surface area (Å²) in [6, 6.07) is 4.01. The highest BCUT2D eigenvalue weighted by Crippen LogP contribution is 2.34. The fourth-order valence-electron chi connectivity index (χ4n) is 3.46. The van der Waals surface area contributed by atoms with E-state index in [1.165, 1.54) is 24.5 Å². The maximum atomic E-state index is 13.6. The van der Waals surface area contributed by atoms with Crippen molar-refractivity contribution in [1.82, 2.24) is 25.0 Å². The second-order valence-electron chi connectivity index (χ2n) is 6.49. The molecule has 0 aliphatic carbocycles. The van der Waals surface area contributed by atoms with Crippen molar-refractivity contribution in [2.45, 2.75) is 12.3 Å². The molecule has 27 heavy (non-hydrogen) atoms. The molecule has 0 bridgehead atoms. The third kappa shape index (κ3) is 3.25. The number of halogens is 1. The van der Waals surface area contributed by atoms with Gasteiger partial charge in [0, 0.05) is 38.3 Å². The number of aromatic amines is 1. The molecule has 0 spiro atoms. The number of aromatic nitrogens is 3. The molecule has 2 aliphatic heterocycles. The van der Waals surface area contributed by atoms with Gasteiger partial charge in [0.15, 0.2) is 0 Å². The zero-order valence-corrected chi connectivity index (χ0v) is 14.3. The molecule has 2 N–H and O–H groups in total. The Morgan fingerprint density at radius 3 is 2.59 bits per heavy atom. The molecule has 0 radical (unpaired) electrons. The number of rotatable bonds is 2. The molecule has 2 aromatic rings. The molecule has 1 unspecified atom stereocenters. The zero-order chi connectivity index (χ0) is 19.0. The van der Waals surface area contributed by atoms with Gasteiger partial charge in [0.2, 0.25) is 17.6 Å². The fourth-order valence-corrected chi connectivity index (χ4v) is 3.46. The molecule has 0 saturated carbocycles. The Morgan fingerprint density at radius 1 is 1.15 bits per heavy atom. The van der Waals surface area contributed by atoms with Crippen molar-refractivity contribution in [1.29, 1.82) is 0 Å². The van der Waals surface area contributed by atoms with Gasteiger partial charge in [-0.1, -0.05) is 0 Å². The summed E-state index contributed by atoms with van der Waals surface area (Å²) in [5.41, 5.74) is 0.949. The minimum absolute atomic E-state index is 0.0213. The van der Waals surface area contributed by atoms with Crippen molar-refractivity contribution >= 4 is 23.4 Å². The first-order chi connectivity index (χ1) is 13.0. The summed E-state index contributed by atoms with van der Waals surface area (Å²) in [6.07, 6.45) is 1.24. The summed E-state index contributed by atoms with van der Waals surface area (Å²) >= 11 is 0. The van der Waals surface area contributed by atoms with Crippen molar-refractivity contribution in [3.8, 4) is 0 Å². The van der Waals surface area contributed by atoms with Crippen LogP contribution in [-0.4, -0.2) is 68.9 Å². The van der Waals surface area contributed by atoms with Crippen LogP contribution in [0.4, 0.5) is 10.1 Å². The zero-order valence-electron chi connectivity index (χ0n) is 14.3. The summed E-state index contributed by atoms with van der Waals surface area (Å²) in [7, 11) is 0. The third-order valence-electron chi connectivity index (χ3n) is 4.85. The largest absolute Gasteiger partial charge is 0.339 e. The molecular formula is C17H17FN6O3. The Labute approximate surface area is 153 Å². The molecule has 10 heteroatoms. The standard InChI is InChI=1S/C17H17FN6O3/c18-10-1-2-13-11(7-10)12(8-14(25)21-13)16(26)23-3-5-24(6-4-23)17(27)15-19-9-20-22-15/h1-2,7,9,12H,3-6,8H2,(H,21,25)(H,19,20,22). The van der Waals surface area contributed by atoms with Crippen LogP contribution in [0.3, 0.4) is 0 Å². The van der Waals surface area contributed by atoms with Crippen LogP contribution in [0.1, 0.15) is 28.5 Å². The Hall–Kier alpha value is -3.30. The molecule has 1 fully saturated rings. The van der Waals surface area contributed by atoms with Crippen molar-refractivity contribution in [2.24, 2.45) is 0 Å². The molecule has 1 atom stereocenters. The number of nitrogens with zero attached hydrogens (tertiary/aromatic N) is 4. The maximum Gasteiger partial charge on any atom is 0.291 e. The van der Waals surface area contributed by atoms with E-state index in [2.05, 4.69) is 20.5 Å². The van der Waals surface area contributed by atoms with Crippen LogP contribution in [-0.2, 0) is 9.59 Å². The summed E-state index contributed by atoms with van der Waals surface area (Å²) in [4.78, 5) is 44.2. The Morgan fingerprint density at radius 2 is 1.89 bits per heavy atom. The molecule has 1 saturated heterocycles. The van der Waals surface area contributed by atoms with Crippen LogP contribution in [0.15, 0.2) is 24.5 Å². The van der Waals surface area contributed by atoms with Gasteiger partial charge in [0.05, 0.1) is 5.92 Å². The van der Waals surface area contributed by atoms with Crippen LogP contribution < -0.4 is 5.32 Å². The first-order valence-corrected chi connectivity index (χ1v) is 8.55. The Kier molecular flexibility index (Phi) is 4.30. The highest BCUT2D eigenvalue weighted by atomic mass is 19.1. The number of hydrogen-bond acceptors (Lipinski definition) is 5. The lowest BCUT2D eigenvalue weighted by Gasteiger charge is -2.37.